The predicted molar refractivity (Wildman–Crippen MR) is 92.4 cm³/mol. The van der Waals surface area contributed by atoms with Crippen LogP contribution >= 0.6 is 0 Å². The van der Waals surface area contributed by atoms with Crippen LogP contribution in [0.4, 0.5) is 0 Å². The average molecular weight is 338 g/mol. The van der Waals surface area contributed by atoms with Crippen LogP contribution in [0.25, 0.3) is 0 Å². The Hall–Kier alpha value is -2.63. The molecule has 0 saturated heterocycles. The third-order valence-corrected chi connectivity index (χ3v) is 5.11. The second-order valence-corrected chi connectivity index (χ2v) is 6.84. The van der Waals surface area contributed by atoms with Crippen LogP contribution in [0.5, 0.6) is 0 Å². The number of carbonyl (C=O) groups excluding carboxylic acids is 2. The van der Waals surface area contributed by atoms with E-state index in [2.05, 4.69) is 10.3 Å². The van der Waals surface area contributed by atoms with Crippen molar-refractivity contribution in [1.82, 2.24) is 19.8 Å². The van der Waals surface area contributed by atoms with E-state index >= 15 is 0 Å². The molecule has 6 nitrogen and oxygen atoms in total. The highest BCUT2D eigenvalue weighted by molar-refractivity contribution is 5.90. The van der Waals surface area contributed by atoms with Gasteiger partial charge < -0.3 is 14.8 Å². The molecule has 1 fully saturated rings. The summed E-state index contributed by atoms with van der Waals surface area (Å²) in [7, 11) is 0. The van der Waals surface area contributed by atoms with Gasteiger partial charge in [-0.05, 0) is 36.6 Å². The van der Waals surface area contributed by atoms with Crippen LogP contribution in [0.15, 0.2) is 42.9 Å². The summed E-state index contributed by atoms with van der Waals surface area (Å²) >= 11 is 0. The number of hydrogen-bond donors (Lipinski definition) is 1. The van der Waals surface area contributed by atoms with Crippen molar-refractivity contribution < 1.29 is 9.59 Å². The Balaban J connectivity index is 1.62. The van der Waals surface area contributed by atoms with Gasteiger partial charge in [-0.25, -0.2) is 0 Å². The van der Waals surface area contributed by atoms with Crippen molar-refractivity contribution >= 4 is 11.8 Å². The molecule has 0 radical (unpaired) electrons. The van der Waals surface area contributed by atoms with Crippen LogP contribution in [0.2, 0.25) is 0 Å². The number of amides is 2. The molecule has 1 N–H and O–H groups in total. The molecular formula is C19H22N4O2. The first kappa shape index (κ1) is 15.9. The molecule has 0 bridgehead atoms. The number of rotatable bonds is 4. The Bertz CT molecular complexity index is 765. The van der Waals surface area contributed by atoms with E-state index in [9.17, 15) is 9.59 Å². The van der Waals surface area contributed by atoms with Crippen molar-refractivity contribution in [1.29, 1.82) is 0 Å². The molecule has 1 unspecified atom stereocenters. The Morgan fingerprint density at radius 1 is 1.24 bits per heavy atom. The minimum atomic E-state index is -0.586. The molecule has 25 heavy (non-hydrogen) atoms. The van der Waals surface area contributed by atoms with E-state index in [1.165, 1.54) is 0 Å². The topological polar surface area (TPSA) is 67.2 Å². The maximum atomic E-state index is 13.0. The number of fused-ring (bicyclic) bond motifs is 1. The highest BCUT2D eigenvalue weighted by atomic mass is 16.2. The zero-order chi connectivity index (χ0) is 17.2. The van der Waals surface area contributed by atoms with Crippen molar-refractivity contribution in [3.05, 3.63) is 54.1 Å². The van der Waals surface area contributed by atoms with Gasteiger partial charge >= 0.3 is 0 Å². The minimum absolute atomic E-state index is 0.0425. The van der Waals surface area contributed by atoms with Crippen LogP contribution < -0.4 is 5.32 Å². The van der Waals surface area contributed by atoms with Crippen LogP contribution in [-0.4, -0.2) is 32.3 Å². The predicted octanol–water partition coefficient (Wildman–Crippen LogP) is 2.03. The molecular weight excluding hydrogens is 316 g/mol. The summed E-state index contributed by atoms with van der Waals surface area (Å²) < 4.78 is 1.88. The molecule has 2 amide bonds. The van der Waals surface area contributed by atoms with Gasteiger partial charge in [-0.3, -0.25) is 14.6 Å². The van der Waals surface area contributed by atoms with Crippen LogP contribution in [0.3, 0.4) is 0 Å². The SMILES string of the molecule is O=C(NC1CCCC1)C1c2cccn2CC(=O)N1Cc1cccnc1. The highest BCUT2D eigenvalue weighted by Gasteiger charge is 2.38. The Kier molecular flexibility index (Phi) is 4.26. The lowest BCUT2D eigenvalue weighted by Gasteiger charge is -2.36. The van der Waals surface area contributed by atoms with Gasteiger partial charge in [0.25, 0.3) is 0 Å². The van der Waals surface area contributed by atoms with Gasteiger partial charge in [-0.2, -0.15) is 0 Å². The fourth-order valence-corrected chi connectivity index (χ4v) is 3.85. The van der Waals surface area contributed by atoms with Gasteiger partial charge in [0.15, 0.2) is 6.04 Å². The van der Waals surface area contributed by atoms with E-state index < -0.39 is 6.04 Å². The van der Waals surface area contributed by atoms with Gasteiger partial charge in [0.2, 0.25) is 11.8 Å². The summed E-state index contributed by atoms with van der Waals surface area (Å²) in [5, 5.41) is 3.15. The second kappa shape index (κ2) is 6.70. The first-order valence-corrected chi connectivity index (χ1v) is 8.86. The minimum Gasteiger partial charge on any atom is -0.351 e. The largest absolute Gasteiger partial charge is 0.351 e. The van der Waals surface area contributed by atoms with E-state index in [0.29, 0.717) is 6.54 Å². The number of carbonyl (C=O) groups is 2. The average Bonchev–Trinajstić information content (AvgIpc) is 3.28. The summed E-state index contributed by atoms with van der Waals surface area (Å²) in [5.74, 6) is -0.122. The third kappa shape index (κ3) is 3.16. The van der Waals surface area contributed by atoms with E-state index in [0.717, 1.165) is 36.9 Å². The highest BCUT2D eigenvalue weighted by Crippen LogP contribution is 2.29. The number of aromatic nitrogens is 2. The molecule has 1 aliphatic heterocycles. The van der Waals surface area contributed by atoms with E-state index in [1.54, 1.807) is 17.3 Å². The smallest absolute Gasteiger partial charge is 0.249 e. The molecule has 1 saturated carbocycles. The fourth-order valence-electron chi connectivity index (χ4n) is 3.85. The Morgan fingerprint density at radius 3 is 2.84 bits per heavy atom. The van der Waals surface area contributed by atoms with Crippen molar-refractivity contribution in [3.8, 4) is 0 Å². The monoisotopic (exact) mass is 338 g/mol. The molecule has 1 atom stereocenters. The third-order valence-electron chi connectivity index (χ3n) is 5.11. The summed E-state index contributed by atoms with van der Waals surface area (Å²) in [5.41, 5.74) is 1.80. The number of pyridine rings is 1. The Labute approximate surface area is 146 Å². The van der Waals surface area contributed by atoms with Crippen molar-refractivity contribution in [2.24, 2.45) is 0 Å². The van der Waals surface area contributed by atoms with Gasteiger partial charge in [-0.1, -0.05) is 18.9 Å². The van der Waals surface area contributed by atoms with Crippen molar-refractivity contribution in [3.63, 3.8) is 0 Å². The molecule has 130 valence electrons. The van der Waals surface area contributed by atoms with Gasteiger partial charge in [-0.15, -0.1) is 0 Å². The second-order valence-electron chi connectivity index (χ2n) is 6.84. The number of nitrogens with one attached hydrogen (secondary N) is 1. The molecule has 2 aromatic heterocycles. The maximum Gasteiger partial charge on any atom is 0.249 e. The molecule has 6 heteroatoms. The molecule has 0 aromatic carbocycles. The Morgan fingerprint density at radius 2 is 2.08 bits per heavy atom. The zero-order valence-corrected chi connectivity index (χ0v) is 14.1. The van der Waals surface area contributed by atoms with Gasteiger partial charge in [0, 0.05) is 31.2 Å². The van der Waals surface area contributed by atoms with Gasteiger partial charge in [0.1, 0.15) is 6.54 Å². The summed E-state index contributed by atoms with van der Waals surface area (Å²) in [4.78, 5) is 31.5. The van der Waals surface area contributed by atoms with Crippen molar-refractivity contribution in [2.75, 3.05) is 0 Å². The van der Waals surface area contributed by atoms with Crippen LogP contribution in [0.1, 0.15) is 43.0 Å². The molecule has 2 aromatic rings. The standard InChI is InChI=1S/C19H22N4O2/c24-17-13-22-10-4-8-16(22)18(19(25)21-15-6-1-2-7-15)23(17)12-14-5-3-9-20-11-14/h3-5,8-11,15,18H,1-2,6-7,12-13H2,(H,21,25). The van der Waals surface area contributed by atoms with Gasteiger partial charge in [0.05, 0.1) is 5.69 Å². The molecule has 0 spiro atoms. The normalized spacial score (nSPS) is 20.6. The quantitative estimate of drug-likeness (QED) is 0.927. The molecule has 1 aliphatic carbocycles. The molecule has 3 heterocycles. The zero-order valence-electron chi connectivity index (χ0n) is 14.1. The van der Waals surface area contributed by atoms with E-state index in [1.807, 2.05) is 35.0 Å². The lowest BCUT2D eigenvalue weighted by Crippen LogP contribution is -2.50. The molecule has 2 aliphatic rings. The lowest BCUT2D eigenvalue weighted by molar-refractivity contribution is -0.144. The summed E-state index contributed by atoms with van der Waals surface area (Å²) in [6.07, 6.45) is 9.68. The molecule has 4 rings (SSSR count). The first-order chi connectivity index (χ1) is 12.2. The number of hydrogen-bond acceptors (Lipinski definition) is 3. The van der Waals surface area contributed by atoms with E-state index in [4.69, 9.17) is 0 Å². The maximum absolute atomic E-state index is 13.0. The summed E-state index contributed by atoms with van der Waals surface area (Å²) in [6.45, 7) is 0.663. The number of nitrogens with zero attached hydrogens (tertiary/aromatic N) is 3. The van der Waals surface area contributed by atoms with Crippen molar-refractivity contribution in [2.45, 2.75) is 50.9 Å². The van der Waals surface area contributed by atoms with E-state index in [-0.39, 0.29) is 24.4 Å². The fraction of sp³-hybridized carbons (Fsp3) is 0.421. The van der Waals surface area contributed by atoms with Crippen LogP contribution in [0, 0.1) is 0 Å². The summed E-state index contributed by atoms with van der Waals surface area (Å²) in [6, 6.07) is 7.25. The lowest BCUT2D eigenvalue weighted by atomic mass is 10.1. The first-order valence-electron chi connectivity index (χ1n) is 8.86. The van der Waals surface area contributed by atoms with Crippen LogP contribution in [-0.2, 0) is 22.7 Å².